The van der Waals surface area contributed by atoms with Gasteiger partial charge in [-0.15, -0.1) is 0 Å². The van der Waals surface area contributed by atoms with Crippen molar-refractivity contribution in [1.82, 2.24) is 4.98 Å². The Morgan fingerprint density at radius 2 is 2.47 bits per heavy atom. The first-order valence-electron chi connectivity index (χ1n) is 4.63. The van der Waals surface area contributed by atoms with Crippen molar-refractivity contribution in [2.75, 3.05) is 11.4 Å². The highest BCUT2D eigenvalue weighted by Gasteiger charge is 2.30. The SMILES string of the molecule is N#Cc1cccnc1N1CC(N)CC1=O. The van der Waals surface area contributed by atoms with Crippen molar-refractivity contribution in [3.63, 3.8) is 0 Å². The van der Waals surface area contributed by atoms with Crippen LogP contribution in [0.25, 0.3) is 0 Å². The Balaban J connectivity index is 2.38. The lowest BCUT2D eigenvalue weighted by Gasteiger charge is -2.15. The molecule has 0 bridgehead atoms. The van der Waals surface area contributed by atoms with E-state index in [0.717, 1.165) is 0 Å². The monoisotopic (exact) mass is 202 g/mol. The Bertz CT molecular complexity index is 437. The first kappa shape index (κ1) is 9.62. The zero-order chi connectivity index (χ0) is 10.8. The lowest BCUT2D eigenvalue weighted by atomic mass is 10.2. The second-order valence-corrected chi connectivity index (χ2v) is 3.45. The van der Waals surface area contributed by atoms with Gasteiger partial charge in [-0.2, -0.15) is 5.26 Å². The largest absolute Gasteiger partial charge is 0.326 e. The number of nitrogens with two attached hydrogens (primary N) is 1. The average Bonchev–Trinajstić information content (AvgIpc) is 2.57. The predicted molar refractivity (Wildman–Crippen MR) is 53.9 cm³/mol. The highest BCUT2D eigenvalue weighted by atomic mass is 16.2. The Morgan fingerprint density at radius 1 is 1.67 bits per heavy atom. The van der Waals surface area contributed by atoms with Crippen LogP contribution in [-0.2, 0) is 4.79 Å². The fourth-order valence-electron chi connectivity index (χ4n) is 1.64. The zero-order valence-electron chi connectivity index (χ0n) is 8.05. The Hall–Kier alpha value is -1.93. The summed E-state index contributed by atoms with van der Waals surface area (Å²) in [6.45, 7) is 0.435. The second-order valence-electron chi connectivity index (χ2n) is 3.45. The fraction of sp³-hybridized carbons (Fsp3) is 0.300. The number of amides is 1. The minimum absolute atomic E-state index is 0.0716. The standard InChI is InChI=1S/C10H10N4O/c11-5-7-2-1-3-13-10(7)14-6-8(12)4-9(14)15/h1-3,8H,4,6,12H2. The normalized spacial score (nSPS) is 20.4. The van der Waals surface area contributed by atoms with E-state index in [1.807, 2.05) is 6.07 Å². The van der Waals surface area contributed by atoms with Gasteiger partial charge in [0.2, 0.25) is 5.91 Å². The van der Waals surface area contributed by atoms with Crippen molar-refractivity contribution in [2.24, 2.45) is 5.73 Å². The number of hydrogen-bond acceptors (Lipinski definition) is 4. The lowest BCUT2D eigenvalue weighted by Crippen LogP contribution is -2.29. The van der Waals surface area contributed by atoms with E-state index in [1.165, 1.54) is 4.90 Å². The minimum Gasteiger partial charge on any atom is -0.326 e. The third-order valence-electron chi connectivity index (χ3n) is 2.32. The number of hydrogen-bond donors (Lipinski definition) is 1. The maximum atomic E-state index is 11.5. The quantitative estimate of drug-likeness (QED) is 0.695. The molecule has 0 aliphatic carbocycles. The van der Waals surface area contributed by atoms with Gasteiger partial charge >= 0.3 is 0 Å². The Labute approximate surface area is 87.1 Å². The van der Waals surface area contributed by atoms with Gasteiger partial charge in [0.1, 0.15) is 6.07 Å². The van der Waals surface area contributed by atoms with Crippen LogP contribution in [0.15, 0.2) is 18.3 Å². The fourth-order valence-corrected chi connectivity index (χ4v) is 1.64. The summed E-state index contributed by atoms with van der Waals surface area (Å²) in [5, 5.41) is 8.87. The van der Waals surface area contributed by atoms with Crippen molar-refractivity contribution >= 4 is 11.7 Å². The predicted octanol–water partition coefficient (Wildman–Crippen LogP) is 0.0173. The van der Waals surface area contributed by atoms with Crippen molar-refractivity contribution in [2.45, 2.75) is 12.5 Å². The van der Waals surface area contributed by atoms with Gasteiger partial charge in [0.05, 0.1) is 5.56 Å². The number of rotatable bonds is 1. The molecule has 2 N–H and O–H groups in total. The van der Waals surface area contributed by atoms with Crippen LogP contribution in [-0.4, -0.2) is 23.5 Å². The summed E-state index contributed by atoms with van der Waals surface area (Å²) >= 11 is 0. The van der Waals surface area contributed by atoms with E-state index in [9.17, 15) is 4.79 Å². The number of nitriles is 1. The number of carbonyl (C=O) groups is 1. The molecule has 1 aromatic heterocycles. The van der Waals surface area contributed by atoms with Gasteiger partial charge in [0, 0.05) is 25.2 Å². The first-order chi connectivity index (χ1) is 7.22. The van der Waals surface area contributed by atoms with Crippen LogP contribution in [0.3, 0.4) is 0 Å². The molecule has 1 aromatic rings. The maximum Gasteiger partial charge on any atom is 0.229 e. The Kier molecular flexibility index (Phi) is 2.35. The molecule has 2 heterocycles. The van der Waals surface area contributed by atoms with E-state index in [2.05, 4.69) is 4.98 Å². The summed E-state index contributed by atoms with van der Waals surface area (Å²) in [4.78, 5) is 17.1. The van der Waals surface area contributed by atoms with Gasteiger partial charge in [0.25, 0.3) is 0 Å². The molecule has 0 spiro atoms. The number of anilines is 1. The number of aromatic nitrogens is 1. The number of nitrogens with zero attached hydrogens (tertiary/aromatic N) is 3. The van der Waals surface area contributed by atoms with Crippen LogP contribution in [0, 0.1) is 11.3 Å². The summed E-state index contributed by atoms with van der Waals surface area (Å²) in [5.74, 6) is 0.343. The van der Waals surface area contributed by atoms with Gasteiger partial charge in [-0.1, -0.05) is 0 Å². The molecule has 15 heavy (non-hydrogen) atoms. The maximum absolute atomic E-state index is 11.5. The smallest absolute Gasteiger partial charge is 0.229 e. The van der Waals surface area contributed by atoms with E-state index in [-0.39, 0.29) is 11.9 Å². The van der Waals surface area contributed by atoms with Gasteiger partial charge in [-0.05, 0) is 12.1 Å². The summed E-state index contributed by atoms with van der Waals surface area (Å²) in [6, 6.07) is 5.16. The van der Waals surface area contributed by atoms with Crippen LogP contribution in [0.4, 0.5) is 5.82 Å². The third kappa shape index (κ3) is 1.67. The second kappa shape index (κ2) is 3.67. The highest BCUT2D eigenvalue weighted by Crippen LogP contribution is 2.21. The number of pyridine rings is 1. The van der Waals surface area contributed by atoms with Gasteiger partial charge in [-0.3, -0.25) is 9.69 Å². The molecule has 2 rings (SSSR count). The summed E-state index contributed by atoms with van der Waals surface area (Å²) in [7, 11) is 0. The average molecular weight is 202 g/mol. The molecule has 1 aliphatic heterocycles. The summed E-state index contributed by atoms with van der Waals surface area (Å²) in [6.07, 6.45) is 1.88. The molecule has 76 valence electrons. The van der Waals surface area contributed by atoms with Gasteiger partial charge < -0.3 is 5.73 Å². The molecular formula is C10H10N4O. The molecule has 1 amide bonds. The molecule has 5 heteroatoms. The molecule has 1 fully saturated rings. The number of carbonyl (C=O) groups excluding carboxylic acids is 1. The first-order valence-corrected chi connectivity index (χ1v) is 4.63. The van der Waals surface area contributed by atoms with Crippen LogP contribution in [0.1, 0.15) is 12.0 Å². The third-order valence-corrected chi connectivity index (χ3v) is 2.32. The van der Waals surface area contributed by atoms with E-state index < -0.39 is 0 Å². The molecule has 1 atom stereocenters. The van der Waals surface area contributed by atoms with Crippen molar-refractivity contribution in [3.05, 3.63) is 23.9 Å². The van der Waals surface area contributed by atoms with E-state index in [0.29, 0.717) is 24.3 Å². The lowest BCUT2D eigenvalue weighted by molar-refractivity contribution is -0.117. The van der Waals surface area contributed by atoms with Crippen LogP contribution >= 0.6 is 0 Å². The van der Waals surface area contributed by atoms with Crippen molar-refractivity contribution in [3.8, 4) is 6.07 Å². The summed E-state index contributed by atoms with van der Waals surface area (Å²) < 4.78 is 0. The van der Waals surface area contributed by atoms with Gasteiger partial charge in [-0.25, -0.2) is 4.98 Å². The summed E-state index contributed by atoms with van der Waals surface area (Å²) in [5.41, 5.74) is 6.07. The molecule has 5 nitrogen and oxygen atoms in total. The van der Waals surface area contributed by atoms with Crippen LogP contribution in [0.5, 0.6) is 0 Å². The van der Waals surface area contributed by atoms with E-state index >= 15 is 0 Å². The topological polar surface area (TPSA) is 83.0 Å². The molecular weight excluding hydrogens is 192 g/mol. The van der Waals surface area contributed by atoms with Crippen LogP contribution < -0.4 is 10.6 Å². The molecule has 1 saturated heterocycles. The molecule has 0 saturated carbocycles. The van der Waals surface area contributed by atoms with Crippen molar-refractivity contribution < 1.29 is 4.79 Å². The molecule has 1 aliphatic rings. The van der Waals surface area contributed by atoms with E-state index in [1.54, 1.807) is 18.3 Å². The highest BCUT2D eigenvalue weighted by molar-refractivity contribution is 5.96. The minimum atomic E-state index is -0.161. The van der Waals surface area contributed by atoms with Crippen molar-refractivity contribution in [1.29, 1.82) is 5.26 Å². The molecule has 0 aromatic carbocycles. The van der Waals surface area contributed by atoms with E-state index in [4.69, 9.17) is 11.0 Å². The molecule has 1 unspecified atom stereocenters. The van der Waals surface area contributed by atoms with Gasteiger partial charge in [0.15, 0.2) is 5.82 Å². The molecule has 0 radical (unpaired) electrons. The zero-order valence-corrected chi connectivity index (χ0v) is 8.05. The Morgan fingerprint density at radius 3 is 3.07 bits per heavy atom. The van der Waals surface area contributed by atoms with Crippen LogP contribution in [0.2, 0.25) is 0 Å².